The molecule has 0 aliphatic rings. The van der Waals surface area contributed by atoms with Crippen molar-refractivity contribution in [2.45, 2.75) is 6.92 Å². The minimum atomic E-state index is 0.0332. The van der Waals surface area contributed by atoms with Crippen molar-refractivity contribution in [1.29, 1.82) is 0 Å². The number of hydrogen-bond donors (Lipinski definition) is 1. The van der Waals surface area contributed by atoms with Crippen LogP contribution < -0.4 is 10.2 Å². The van der Waals surface area contributed by atoms with Crippen molar-refractivity contribution in [3.05, 3.63) is 72.6 Å². The van der Waals surface area contributed by atoms with E-state index in [0.717, 1.165) is 17.2 Å². The summed E-state index contributed by atoms with van der Waals surface area (Å²) in [7, 11) is 1.96. The highest BCUT2D eigenvalue weighted by Crippen LogP contribution is 2.24. The van der Waals surface area contributed by atoms with Crippen molar-refractivity contribution >= 4 is 28.8 Å². The number of aromatic nitrogens is 2. The van der Waals surface area contributed by atoms with Crippen molar-refractivity contribution < 1.29 is 4.79 Å². The molecular formula is C19H18N4O. The molecule has 0 saturated heterocycles. The van der Waals surface area contributed by atoms with Gasteiger partial charge in [0.2, 0.25) is 0 Å². The van der Waals surface area contributed by atoms with E-state index in [1.54, 1.807) is 13.0 Å². The van der Waals surface area contributed by atoms with Gasteiger partial charge in [-0.25, -0.2) is 9.97 Å². The summed E-state index contributed by atoms with van der Waals surface area (Å²) >= 11 is 0. The van der Waals surface area contributed by atoms with Crippen LogP contribution in [0.2, 0.25) is 0 Å². The Morgan fingerprint density at radius 3 is 2.54 bits per heavy atom. The number of ketones is 1. The van der Waals surface area contributed by atoms with E-state index in [2.05, 4.69) is 15.3 Å². The number of carbonyl (C=O) groups excluding carboxylic acids is 1. The lowest BCUT2D eigenvalue weighted by molar-refractivity contribution is 0.101. The Labute approximate surface area is 141 Å². The lowest BCUT2D eigenvalue weighted by Crippen LogP contribution is -2.11. The molecular weight excluding hydrogens is 300 g/mol. The maximum atomic E-state index is 11.5. The number of nitrogens with zero attached hydrogens (tertiary/aromatic N) is 3. The fraction of sp³-hybridized carbons (Fsp3) is 0.105. The highest BCUT2D eigenvalue weighted by atomic mass is 16.1. The van der Waals surface area contributed by atoms with Crippen LogP contribution in [0.3, 0.4) is 0 Å². The van der Waals surface area contributed by atoms with Crippen molar-refractivity contribution in [3.63, 3.8) is 0 Å². The number of nitrogens with one attached hydrogen (secondary N) is 1. The van der Waals surface area contributed by atoms with Gasteiger partial charge in [0.1, 0.15) is 18.0 Å². The number of carbonyl (C=O) groups is 1. The Kier molecular flexibility index (Phi) is 4.52. The Bertz CT molecular complexity index is 849. The molecule has 0 saturated carbocycles. The SMILES string of the molecule is CC(=O)c1cccc(Nc2cc(N(C)c3ccccc3)ncn2)c1. The van der Waals surface area contributed by atoms with Crippen LogP contribution in [0.25, 0.3) is 0 Å². The summed E-state index contributed by atoms with van der Waals surface area (Å²) in [5.74, 6) is 1.48. The van der Waals surface area contributed by atoms with Crippen LogP contribution >= 0.6 is 0 Å². The molecule has 0 fully saturated rings. The summed E-state index contributed by atoms with van der Waals surface area (Å²) in [6.07, 6.45) is 1.52. The summed E-state index contributed by atoms with van der Waals surface area (Å²) < 4.78 is 0. The van der Waals surface area contributed by atoms with E-state index >= 15 is 0 Å². The first-order valence-corrected chi connectivity index (χ1v) is 7.62. The molecule has 1 N–H and O–H groups in total. The average Bonchev–Trinajstić information content (AvgIpc) is 2.62. The third kappa shape index (κ3) is 3.57. The molecule has 0 spiro atoms. The summed E-state index contributed by atoms with van der Waals surface area (Å²) in [6.45, 7) is 1.55. The molecule has 3 rings (SSSR count). The number of benzene rings is 2. The first-order valence-electron chi connectivity index (χ1n) is 7.62. The molecule has 3 aromatic rings. The Morgan fingerprint density at radius 1 is 1.00 bits per heavy atom. The second kappa shape index (κ2) is 6.91. The topological polar surface area (TPSA) is 58.1 Å². The van der Waals surface area contributed by atoms with Crippen LogP contribution in [-0.2, 0) is 0 Å². The van der Waals surface area contributed by atoms with Crippen molar-refractivity contribution in [3.8, 4) is 0 Å². The normalized spacial score (nSPS) is 10.2. The average molecular weight is 318 g/mol. The second-order valence-electron chi connectivity index (χ2n) is 5.42. The molecule has 0 bridgehead atoms. The van der Waals surface area contributed by atoms with Crippen LogP contribution in [0.1, 0.15) is 17.3 Å². The van der Waals surface area contributed by atoms with E-state index in [4.69, 9.17) is 0 Å². The van der Waals surface area contributed by atoms with Crippen LogP contribution in [0.5, 0.6) is 0 Å². The molecule has 0 aliphatic heterocycles. The first kappa shape index (κ1) is 15.7. The van der Waals surface area contributed by atoms with Gasteiger partial charge in [-0.05, 0) is 31.2 Å². The number of Topliss-reactive ketones (excluding diaryl/α,β-unsaturated/α-hetero) is 1. The minimum absolute atomic E-state index is 0.0332. The maximum absolute atomic E-state index is 11.5. The van der Waals surface area contributed by atoms with E-state index in [0.29, 0.717) is 11.4 Å². The van der Waals surface area contributed by atoms with Gasteiger partial charge in [0.05, 0.1) is 0 Å². The predicted molar refractivity (Wildman–Crippen MR) is 96.3 cm³/mol. The first-order chi connectivity index (χ1) is 11.6. The van der Waals surface area contributed by atoms with Crippen LogP contribution in [0.4, 0.5) is 23.0 Å². The van der Waals surface area contributed by atoms with E-state index in [-0.39, 0.29) is 5.78 Å². The van der Waals surface area contributed by atoms with Gasteiger partial charge < -0.3 is 10.2 Å². The number of rotatable bonds is 5. The molecule has 2 aromatic carbocycles. The highest BCUT2D eigenvalue weighted by molar-refractivity contribution is 5.95. The zero-order chi connectivity index (χ0) is 16.9. The van der Waals surface area contributed by atoms with E-state index < -0.39 is 0 Å². The monoisotopic (exact) mass is 318 g/mol. The van der Waals surface area contributed by atoms with Gasteiger partial charge >= 0.3 is 0 Å². The third-order valence-electron chi connectivity index (χ3n) is 3.68. The molecule has 0 radical (unpaired) electrons. The smallest absolute Gasteiger partial charge is 0.159 e. The molecule has 0 amide bonds. The zero-order valence-corrected chi connectivity index (χ0v) is 13.6. The summed E-state index contributed by atoms with van der Waals surface area (Å²) in [5.41, 5.74) is 2.52. The molecule has 0 aliphatic carbocycles. The standard InChI is InChI=1S/C19H18N4O/c1-14(24)15-7-6-8-16(11-15)22-18-12-19(21-13-20-18)23(2)17-9-4-3-5-10-17/h3-13H,1-2H3,(H,20,21,22). The van der Waals surface area contributed by atoms with Crippen molar-refractivity contribution in [2.75, 3.05) is 17.3 Å². The fourth-order valence-corrected chi connectivity index (χ4v) is 2.35. The second-order valence-corrected chi connectivity index (χ2v) is 5.42. The maximum Gasteiger partial charge on any atom is 0.159 e. The van der Waals surface area contributed by atoms with Crippen LogP contribution in [-0.4, -0.2) is 22.8 Å². The number of anilines is 4. The van der Waals surface area contributed by atoms with Crippen molar-refractivity contribution in [2.24, 2.45) is 0 Å². The molecule has 1 heterocycles. The molecule has 0 atom stereocenters. The third-order valence-corrected chi connectivity index (χ3v) is 3.68. The van der Waals surface area contributed by atoms with Gasteiger partial charge in [-0.15, -0.1) is 0 Å². The molecule has 120 valence electrons. The molecule has 0 unspecified atom stereocenters. The summed E-state index contributed by atoms with van der Waals surface area (Å²) in [6, 6.07) is 19.2. The fourth-order valence-electron chi connectivity index (χ4n) is 2.35. The Hall–Kier alpha value is -3.21. The molecule has 5 nitrogen and oxygen atoms in total. The molecule has 5 heteroatoms. The van der Waals surface area contributed by atoms with E-state index in [9.17, 15) is 4.79 Å². The summed E-state index contributed by atoms with van der Waals surface area (Å²) in [4.78, 5) is 22.1. The largest absolute Gasteiger partial charge is 0.340 e. The van der Waals surface area contributed by atoms with Gasteiger partial charge in [0, 0.05) is 30.1 Å². The van der Waals surface area contributed by atoms with E-state index in [1.807, 2.05) is 66.5 Å². The van der Waals surface area contributed by atoms with Gasteiger partial charge in [-0.3, -0.25) is 4.79 Å². The van der Waals surface area contributed by atoms with Crippen LogP contribution in [0, 0.1) is 0 Å². The summed E-state index contributed by atoms with van der Waals surface area (Å²) in [5, 5.41) is 3.22. The van der Waals surface area contributed by atoms with Crippen LogP contribution in [0.15, 0.2) is 67.0 Å². The minimum Gasteiger partial charge on any atom is -0.340 e. The Morgan fingerprint density at radius 2 is 1.79 bits per heavy atom. The van der Waals surface area contributed by atoms with Gasteiger partial charge in [-0.1, -0.05) is 30.3 Å². The highest BCUT2D eigenvalue weighted by Gasteiger charge is 2.07. The van der Waals surface area contributed by atoms with Gasteiger partial charge in [0.25, 0.3) is 0 Å². The quantitative estimate of drug-likeness (QED) is 0.715. The number of para-hydroxylation sites is 1. The zero-order valence-electron chi connectivity index (χ0n) is 13.6. The predicted octanol–water partition coefficient (Wildman–Crippen LogP) is 4.19. The van der Waals surface area contributed by atoms with Gasteiger partial charge in [-0.2, -0.15) is 0 Å². The van der Waals surface area contributed by atoms with Gasteiger partial charge in [0.15, 0.2) is 5.78 Å². The van der Waals surface area contributed by atoms with Crippen molar-refractivity contribution in [1.82, 2.24) is 9.97 Å². The van der Waals surface area contributed by atoms with E-state index in [1.165, 1.54) is 6.33 Å². The molecule has 24 heavy (non-hydrogen) atoms. The molecule has 1 aromatic heterocycles. The Balaban J connectivity index is 1.83. The number of hydrogen-bond acceptors (Lipinski definition) is 5. The lowest BCUT2D eigenvalue weighted by atomic mass is 10.1. The lowest BCUT2D eigenvalue weighted by Gasteiger charge is -2.18.